The summed E-state index contributed by atoms with van der Waals surface area (Å²) in [4.78, 5) is 13.2. The molecule has 0 aliphatic carbocycles. The van der Waals surface area contributed by atoms with Gasteiger partial charge in [0, 0.05) is 0 Å². The Bertz CT molecular complexity index is 789. The topological polar surface area (TPSA) is 37.9 Å². The van der Waals surface area contributed by atoms with Crippen molar-refractivity contribution in [1.29, 1.82) is 0 Å². The van der Waals surface area contributed by atoms with Crippen LogP contribution >= 0.6 is 11.3 Å². The molecule has 0 saturated carbocycles. The van der Waals surface area contributed by atoms with Crippen molar-refractivity contribution in [2.75, 3.05) is 11.9 Å². The van der Waals surface area contributed by atoms with Crippen molar-refractivity contribution in [3.05, 3.63) is 46.7 Å². The maximum Gasteiger partial charge on any atom is 0.359 e. The van der Waals surface area contributed by atoms with Crippen molar-refractivity contribution < 1.29 is 9.36 Å². The van der Waals surface area contributed by atoms with E-state index in [4.69, 9.17) is 0 Å². The number of anilines is 1. The quantitative estimate of drug-likeness (QED) is 0.592. The molecule has 3 heterocycles. The molecule has 4 rings (SSSR count). The van der Waals surface area contributed by atoms with E-state index in [0.29, 0.717) is 6.54 Å². The highest BCUT2D eigenvalue weighted by Crippen LogP contribution is 2.21. The van der Waals surface area contributed by atoms with E-state index in [9.17, 15) is 4.79 Å². The lowest BCUT2D eigenvalue weighted by Crippen LogP contribution is -2.29. The number of hydrogen-bond donors (Lipinski definition) is 1. The molecule has 0 radical (unpaired) electrons. The number of imidazole rings is 1. The number of thiophene rings is 1. The van der Waals surface area contributed by atoms with Gasteiger partial charge in [-0.2, -0.15) is 0 Å². The molecule has 1 aromatic carbocycles. The number of rotatable bonds is 3. The summed E-state index contributed by atoms with van der Waals surface area (Å²) in [5.41, 5.74) is 2.30. The SMILES string of the molecule is O=C(Cn1c2[n+](c3ccccc31)CCN2)c1cccs1. The van der Waals surface area contributed by atoms with Crippen molar-refractivity contribution >= 4 is 34.1 Å². The smallest absolute Gasteiger partial charge is 0.290 e. The van der Waals surface area contributed by atoms with Crippen LogP contribution in [0.4, 0.5) is 5.95 Å². The van der Waals surface area contributed by atoms with Crippen molar-refractivity contribution in [2.45, 2.75) is 13.1 Å². The van der Waals surface area contributed by atoms with Crippen molar-refractivity contribution in [2.24, 2.45) is 0 Å². The molecule has 2 aromatic heterocycles. The molecule has 5 heteroatoms. The minimum absolute atomic E-state index is 0.165. The highest BCUT2D eigenvalue weighted by Gasteiger charge is 2.29. The lowest BCUT2D eigenvalue weighted by atomic mass is 10.3. The number of nitrogens with one attached hydrogen (secondary N) is 1. The minimum atomic E-state index is 0.165. The molecule has 20 heavy (non-hydrogen) atoms. The van der Waals surface area contributed by atoms with E-state index in [1.54, 1.807) is 0 Å². The summed E-state index contributed by atoms with van der Waals surface area (Å²) in [6.07, 6.45) is 0. The number of ketones is 1. The van der Waals surface area contributed by atoms with E-state index in [0.717, 1.165) is 29.4 Å². The fourth-order valence-corrected chi connectivity index (χ4v) is 3.47. The average molecular weight is 284 g/mol. The summed E-state index contributed by atoms with van der Waals surface area (Å²) < 4.78 is 4.33. The van der Waals surface area contributed by atoms with Gasteiger partial charge in [0.05, 0.1) is 11.4 Å². The molecule has 100 valence electrons. The van der Waals surface area contributed by atoms with E-state index in [1.807, 2.05) is 29.6 Å². The second kappa shape index (κ2) is 4.45. The summed E-state index contributed by atoms with van der Waals surface area (Å²) in [5.74, 6) is 1.20. The van der Waals surface area contributed by atoms with Crippen LogP contribution < -0.4 is 9.88 Å². The van der Waals surface area contributed by atoms with Gasteiger partial charge in [0.2, 0.25) is 5.78 Å². The van der Waals surface area contributed by atoms with E-state index in [2.05, 4.69) is 26.6 Å². The zero-order valence-electron chi connectivity index (χ0n) is 10.9. The summed E-state index contributed by atoms with van der Waals surface area (Å²) in [6.45, 7) is 2.26. The molecule has 0 unspecified atom stereocenters. The van der Waals surface area contributed by atoms with E-state index in [-0.39, 0.29) is 5.78 Å². The average Bonchev–Trinajstić information content (AvgIpc) is 3.17. The lowest BCUT2D eigenvalue weighted by molar-refractivity contribution is -0.644. The summed E-state index contributed by atoms with van der Waals surface area (Å²) in [7, 11) is 0. The normalized spacial score (nSPS) is 13.4. The van der Waals surface area contributed by atoms with Crippen LogP contribution in [0.2, 0.25) is 0 Å². The van der Waals surface area contributed by atoms with Gasteiger partial charge in [-0.3, -0.25) is 10.1 Å². The van der Waals surface area contributed by atoms with Crippen LogP contribution in [-0.4, -0.2) is 16.9 Å². The maximum atomic E-state index is 12.4. The van der Waals surface area contributed by atoms with Crippen LogP contribution in [0.15, 0.2) is 41.8 Å². The number of aromatic nitrogens is 2. The first-order chi connectivity index (χ1) is 9.84. The number of hydrogen-bond acceptors (Lipinski definition) is 3. The third-order valence-electron chi connectivity index (χ3n) is 3.69. The molecule has 0 spiro atoms. The zero-order valence-corrected chi connectivity index (χ0v) is 11.7. The Morgan fingerprint density at radius 3 is 3.05 bits per heavy atom. The van der Waals surface area contributed by atoms with E-state index in [1.165, 1.54) is 16.9 Å². The molecule has 0 bridgehead atoms. The van der Waals surface area contributed by atoms with Gasteiger partial charge in [-0.25, -0.2) is 9.13 Å². The Hall–Kier alpha value is -2.14. The number of para-hydroxylation sites is 2. The Labute approximate surface area is 120 Å². The fraction of sp³-hybridized carbons (Fsp3) is 0.200. The molecular weight excluding hydrogens is 270 g/mol. The standard InChI is InChI=1S/C15H13N3OS/c19-13(14-6-3-9-20-14)10-18-12-5-2-1-4-11(12)17-8-7-16-15(17)18/h1-6,9H,7-8,10H2/p+1. The molecule has 1 N–H and O–H groups in total. The Balaban J connectivity index is 1.82. The van der Waals surface area contributed by atoms with Crippen molar-refractivity contribution in [1.82, 2.24) is 4.57 Å². The molecule has 4 nitrogen and oxygen atoms in total. The number of Topliss-reactive ketones (excluding diaryl/α,β-unsaturated/α-hetero) is 1. The van der Waals surface area contributed by atoms with Crippen LogP contribution in [0.25, 0.3) is 11.0 Å². The molecule has 0 amide bonds. The largest absolute Gasteiger partial charge is 0.359 e. The van der Waals surface area contributed by atoms with Gasteiger partial charge >= 0.3 is 5.95 Å². The Morgan fingerprint density at radius 2 is 2.20 bits per heavy atom. The number of nitrogens with zero attached hydrogens (tertiary/aromatic N) is 2. The molecule has 1 aliphatic rings. The van der Waals surface area contributed by atoms with Crippen molar-refractivity contribution in [3.63, 3.8) is 0 Å². The predicted octanol–water partition coefficient (Wildman–Crippen LogP) is 2.30. The van der Waals surface area contributed by atoms with Crippen LogP contribution in [0.5, 0.6) is 0 Å². The predicted molar refractivity (Wildman–Crippen MR) is 79.3 cm³/mol. The molecule has 3 aromatic rings. The first-order valence-corrected chi connectivity index (χ1v) is 7.54. The van der Waals surface area contributed by atoms with E-state index >= 15 is 0 Å². The molecule has 1 aliphatic heterocycles. The number of fused-ring (bicyclic) bond motifs is 3. The number of benzene rings is 1. The molecule has 0 saturated heterocycles. The monoisotopic (exact) mass is 284 g/mol. The number of carbonyl (C=O) groups is 1. The summed E-state index contributed by atoms with van der Waals surface area (Å²) in [5, 5.41) is 5.33. The van der Waals surface area contributed by atoms with Gasteiger partial charge in [0.25, 0.3) is 0 Å². The van der Waals surface area contributed by atoms with E-state index < -0.39 is 0 Å². The third-order valence-corrected chi connectivity index (χ3v) is 4.60. The second-order valence-corrected chi connectivity index (χ2v) is 5.83. The van der Waals surface area contributed by atoms with Crippen LogP contribution in [0.3, 0.4) is 0 Å². The Morgan fingerprint density at radius 1 is 1.30 bits per heavy atom. The molecule has 0 fully saturated rings. The fourth-order valence-electron chi connectivity index (χ4n) is 2.81. The highest BCUT2D eigenvalue weighted by atomic mass is 32.1. The summed E-state index contributed by atoms with van der Waals surface area (Å²) >= 11 is 1.50. The lowest BCUT2D eigenvalue weighted by Gasteiger charge is -2.00. The number of carbonyl (C=O) groups excluding carboxylic acids is 1. The summed E-state index contributed by atoms with van der Waals surface area (Å²) in [6, 6.07) is 12.0. The highest BCUT2D eigenvalue weighted by molar-refractivity contribution is 7.12. The van der Waals surface area contributed by atoms with Gasteiger partial charge in [-0.1, -0.05) is 18.2 Å². The van der Waals surface area contributed by atoms with Crippen LogP contribution in [0, 0.1) is 0 Å². The van der Waals surface area contributed by atoms with Gasteiger partial charge in [0.1, 0.15) is 24.1 Å². The van der Waals surface area contributed by atoms with Crippen molar-refractivity contribution in [3.8, 4) is 0 Å². The van der Waals surface area contributed by atoms with Gasteiger partial charge in [-0.05, 0) is 23.6 Å². The first-order valence-electron chi connectivity index (χ1n) is 6.66. The van der Waals surface area contributed by atoms with Gasteiger partial charge in [0.15, 0.2) is 0 Å². The second-order valence-electron chi connectivity index (χ2n) is 4.88. The van der Waals surface area contributed by atoms with Crippen LogP contribution in [-0.2, 0) is 13.1 Å². The van der Waals surface area contributed by atoms with Crippen LogP contribution in [0.1, 0.15) is 9.67 Å². The first kappa shape index (κ1) is 11.7. The van der Waals surface area contributed by atoms with Gasteiger partial charge in [-0.15, -0.1) is 11.3 Å². The Kier molecular flexibility index (Phi) is 2.60. The zero-order chi connectivity index (χ0) is 13.5. The maximum absolute atomic E-state index is 12.4. The minimum Gasteiger partial charge on any atom is -0.290 e. The molecular formula is C15H14N3OS+. The van der Waals surface area contributed by atoms with Gasteiger partial charge < -0.3 is 0 Å². The third kappa shape index (κ3) is 1.67. The molecule has 0 atom stereocenters.